The summed E-state index contributed by atoms with van der Waals surface area (Å²) in [7, 11) is 1.26. The van der Waals surface area contributed by atoms with Gasteiger partial charge in [-0.1, -0.05) is 13.0 Å². The highest BCUT2D eigenvalue weighted by Crippen LogP contribution is 2.25. The van der Waals surface area contributed by atoms with E-state index < -0.39 is 11.9 Å². The molecule has 8 heteroatoms. The summed E-state index contributed by atoms with van der Waals surface area (Å²) in [6, 6.07) is 11.0. The molecule has 0 saturated heterocycles. The maximum atomic E-state index is 12.6. The number of ether oxygens (including phenoxy) is 2. The van der Waals surface area contributed by atoms with Crippen molar-refractivity contribution in [2.75, 3.05) is 25.6 Å². The van der Waals surface area contributed by atoms with E-state index in [9.17, 15) is 19.2 Å². The molecule has 0 radical (unpaired) electrons. The number of fused-ring (bicyclic) bond motifs is 1. The third kappa shape index (κ3) is 4.26. The molecule has 0 spiro atoms. The van der Waals surface area contributed by atoms with Crippen LogP contribution in [0.1, 0.15) is 44.4 Å². The third-order valence-corrected chi connectivity index (χ3v) is 4.36. The largest absolute Gasteiger partial charge is 0.482 e. The van der Waals surface area contributed by atoms with Crippen LogP contribution < -0.4 is 10.1 Å². The minimum atomic E-state index is -0.520. The van der Waals surface area contributed by atoms with E-state index in [1.807, 2.05) is 6.92 Å². The normalized spacial score (nSPS) is 12.6. The number of nitrogens with one attached hydrogen (secondary N) is 1. The molecular formula is C21H20N2O6. The van der Waals surface area contributed by atoms with E-state index in [1.165, 1.54) is 30.2 Å². The molecule has 8 nitrogen and oxygen atoms in total. The quantitative estimate of drug-likeness (QED) is 0.570. The summed E-state index contributed by atoms with van der Waals surface area (Å²) in [5, 5.41) is 2.71. The Kier molecular flexibility index (Phi) is 5.92. The van der Waals surface area contributed by atoms with Gasteiger partial charge >= 0.3 is 5.97 Å². The minimum absolute atomic E-state index is 0.228. The predicted molar refractivity (Wildman–Crippen MR) is 104 cm³/mol. The molecule has 3 amide bonds. The van der Waals surface area contributed by atoms with E-state index in [1.54, 1.807) is 24.3 Å². The van der Waals surface area contributed by atoms with Gasteiger partial charge in [0, 0.05) is 23.9 Å². The first-order chi connectivity index (χ1) is 13.9. The second-order valence-corrected chi connectivity index (χ2v) is 6.37. The van der Waals surface area contributed by atoms with Crippen molar-refractivity contribution in [1.82, 2.24) is 4.90 Å². The molecule has 0 bridgehead atoms. The van der Waals surface area contributed by atoms with Gasteiger partial charge in [-0.2, -0.15) is 0 Å². The lowest BCUT2D eigenvalue weighted by Crippen LogP contribution is -2.30. The van der Waals surface area contributed by atoms with Crippen molar-refractivity contribution >= 4 is 29.4 Å². The monoisotopic (exact) mass is 396 g/mol. The molecule has 0 fully saturated rings. The van der Waals surface area contributed by atoms with Gasteiger partial charge in [-0.05, 0) is 36.8 Å². The van der Waals surface area contributed by atoms with Crippen LogP contribution >= 0.6 is 0 Å². The molecule has 3 rings (SSSR count). The second-order valence-electron chi connectivity index (χ2n) is 6.37. The average Bonchev–Trinajstić information content (AvgIpc) is 2.97. The summed E-state index contributed by atoms with van der Waals surface area (Å²) in [5.74, 6) is -1.30. The van der Waals surface area contributed by atoms with Crippen LogP contribution in [0.2, 0.25) is 0 Å². The maximum Gasteiger partial charge on any atom is 0.343 e. The molecule has 0 aliphatic carbocycles. The molecule has 0 atom stereocenters. The fourth-order valence-electron chi connectivity index (χ4n) is 2.93. The number of hydrogen-bond donors (Lipinski definition) is 1. The highest BCUT2D eigenvalue weighted by molar-refractivity contribution is 6.22. The SMILES string of the molecule is CCCN1C(=O)c2ccc(C(=O)Nc3cccc(OCC(=O)OC)c3)cc2C1=O. The van der Waals surface area contributed by atoms with E-state index >= 15 is 0 Å². The first-order valence-corrected chi connectivity index (χ1v) is 9.06. The van der Waals surface area contributed by atoms with E-state index in [-0.39, 0.29) is 29.5 Å². The van der Waals surface area contributed by atoms with E-state index in [0.717, 1.165) is 0 Å². The fourth-order valence-corrected chi connectivity index (χ4v) is 2.93. The molecule has 0 saturated carbocycles. The summed E-state index contributed by atoms with van der Waals surface area (Å²) >= 11 is 0. The smallest absolute Gasteiger partial charge is 0.343 e. The summed E-state index contributed by atoms with van der Waals surface area (Å²) in [4.78, 5) is 49.7. The summed E-state index contributed by atoms with van der Waals surface area (Å²) < 4.78 is 9.81. The molecule has 0 unspecified atom stereocenters. The Balaban J connectivity index is 1.74. The molecule has 1 heterocycles. The number of carbonyl (C=O) groups excluding carboxylic acids is 4. The molecule has 2 aromatic carbocycles. The Labute approximate surface area is 167 Å². The van der Waals surface area contributed by atoms with Crippen molar-refractivity contribution in [3.63, 3.8) is 0 Å². The van der Waals surface area contributed by atoms with Crippen LogP contribution in [0.5, 0.6) is 5.75 Å². The van der Waals surface area contributed by atoms with Crippen LogP contribution in [0.25, 0.3) is 0 Å². The van der Waals surface area contributed by atoms with Crippen molar-refractivity contribution in [2.24, 2.45) is 0 Å². The van der Waals surface area contributed by atoms with Gasteiger partial charge in [-0.25, -0.2) is 4.79 Å². The average molecular weight is 396 g/mol. The minimum Gasteiger partial charge on any atom is -0.482 e. The first-order valence-electron chi connectivity index (χ1n) is 9.06. The predicted octanol–water partition coefficient (Wildman–Crippen LogP) is 2.50. The molecule has 150 valence electrons. The summed E-state index contributed by atoms with van der Waals surface area (Å²) in [6.07, 6.45) is 0.660. The Hall–Kier alpha value is -3.68. The number of nitrogens with zero attached hydrogens (tertiary/aromatic N) is 1. The van der Waals surface area contributed by atoms with Crippen LogP contribution in [-0.2, 0) is 9.53 Å². The zero-order valence-electron chi connectivity index (χ0n) is 16.1. The van der Waals surface area contributed by atoms with Crippen LogP contribution in [0.3, 0.4) is 0 Å². The van der Waals surface area contributed by atoms with Crippen LogP contribution in [-0.4, -0.2) is 48.9 Å². The Morgan fingerprint density at radius 3 is 2.52 bits per heavy atom. The van der Waals surface area contributed by atoms with Crippen molar-refractivity contribution in [1.29, 1.82) is 0 Å². The van der Waals surface area contributed by atoms with Crippen LogP contribution in [0.4, 0.5) is 5.69 Å². The third-order valence-electron chi connectivity index (χ3n) is 4.36. The van der Waals surface area contributed by atoms with Gasteiger partial charge in [0.1, 0.15) is 5.75 Å². The Bertz CT molecular complexity index is 985. The summed E-state index contributed by atoms with van der Waals surface area (Å²) in [5.41, 5.74) is 1.24. The summed E-state index contributed by atoms with van der Waals surface area (Å²) in [6.45, 7) is 1.97. The van der Waals surface area contributed by atoms with E-state index in [2.05, 4.69) is 10.1 Å². The number of anilines is 1. The van der Waals surface area contributed by atoms with Gasteiger partial charge in [0.25, 0.3) is 17.7 Å². The molecule has 1 aliphatic heterocycles. The lowest BCUT2D eigenvalue weighted by atomic mass is 10.1. The topological polar surface area (TPSA) is 102 Å². The van der Waals surface area contributed by atoms with Gasteiger partial charge in [-0.3, -0.25) is 19.3 Å². The maximum absolute atomic E-state index is 12.6. The molecule has 1 aliphatic rings. The molecular weight excluding hydrogens is 376 g/mol. The number of hydrogen-bond acceptors (Lipinski definition) is 6. The fraction of sp³-hybridized carbons (Fsp3) is 0.238. The Morgan fingerprint density at radius 1 is 1.03 bits per heavy atom. The molecule has 1 N–H and O–H groups in total. The van der Waals surface area contributed by atoms with Crippen molar-refractivity contribution in [3.05, 3.63) is 59.2 Å². The number of esters is 1. The van der Waals surface area contributed by atoms with Crippen LogP contribution in [0.15, 0.2) is 42.5 Å². The standard InChI is InChI=1S/C21H20N2O6/c1-3-9-23-20(26)16-8-7-13(10-17(16)21(23)27)19(25)22-14-5-4-6-15(11-14)29-12-18(24)28-2/h4-8,10-11H,3,9,12H2,1-2H3,(H,22,25). The molecule has 0 aromatic heterocycles. The van der Waals surface area contributed by atoms with Crippen LogP contribution in [0, 0.1) is 0 Å². The van der Waals surface area contributed by atoms with Gasteiger partial charge in [0.05, 0.1) is 18.2 Å². The number of imide groups is 1. The first kappa shape index (κ1) is 20.1. The van der Waals surface area contributed by atoms with E-state index in [0.29, 0.717) is 30.0 Å². The van der Waals surface area contributed by atoms with Crippen molar-refractivity contribution in [2.45, 2.75) is 13.3 Å². The van der Waals surface area contributed by atoms with Crippen molar-refractivity contribution in [3.8, 4) is 5.75 Å². The van der Waals surface area contributed by atoms with Gasteiger partial charge in [-0.15, -0.1) is 0 Å². The van der Waals surface area contributed by atoms with E-state index in [4.69, 9.17) is 4.74 Å². The zero-order valence-corrected chi connectivity index (χ0v) is 16.1. The number of methoxy groups -OCH3 is 1. The van der Waals surface area contributed by atoms with Crippen molar-refractivity contribution < 1.29 is 28.7 Å². The Morgan fingerprint density at radius 2 is 1.79 bits per heavy atom. The molecule has 2 aromatic rings. The highest BCUT2D eigenvalue weighted by Gasteiger charge is 2.35. The highest BCUT2D eigenvalue weighted by atomic mass is 16.6. The van der Waals surface area contributed by atoms with Gasteiger partial charge < -0.3 is 14.8 Å². The zero-order chi connectivity index (χ0) is 21.0. The van der Waals surface area contributed by atoms with Gasteiger partial charge in [0.15, 0.2) is 6.61 Å². The number of rotatable bonds is 7. The lowest BCUT2D eigenvalue weighted by Gasteiger charge is -2.11. The number of amides is 3. The number of benzene rings is 2. The van der Waals surface area contributed by atoms with Gasteiger partial charge in [0.2, 0.25) is 0 Å². The lowest BCUT2D eigenvalue weighted by molar-refractivity contribution is -0.142. The molecule has 29 heavy (non-hydrogen) atoms. The second kappa shape index (κ2) is 8.55. The number of carbonyl (C=O) groups is 4.